The lowest BCUT2D eigenvalue weighted by Crippen LogP contribution is -2.31. The number of aliphatic hydroxyl groups excluding tert-OH is 1. The molecule has 0 amide bonds. The van der Waals surface area contributed by atoms with Gasteiger partial charge in [-0.3, -0.25) is 4.98 Å². The molecule has 0 spiro atoms. The minimum atomic E-state index is 0.116. The first-order chi connectivity index (χ1) is 6.76. The molecular formula is C10H16N2O2. The van der Waals surface area contributed by atoms with Crippen LogP contribution in [0.3, 0.4) is 0 Å². The standard InChI is InChI=1S/C10H16N2O2/c1-2-8(7-13)11-5-9-3-4-10(14)6-12-9/h3-4,6,8,11,13-14H,2,5,7H2,1H3. The molecule has 14 heavy (non-hydrogen) atoms. The Morgan fingerprint density at radius 2 is 2.29 bits per heavy atom. The molecule has 0 fully saturated rings. The van der Waals surface area contributed by atoms with Gasteiger partial charge in [0, 0.05) is 12.6 Å². The third-order valence-electron chi connectivity index (χ3n) is 2.09. The molecule has 1 unspecified atom stereocenters. The fourth-order valence-corrected chi connectivity index (χ4v) is 1.11. The van der Waals surface area contributed by atoms with E-state index >= 15 is 0 Å². The van der Waals surface area contributed by atoms with Crippen LogP contribution < -0.4 is 5.32 Å². The maximum Gasteiger partial charge on any atom is 0.133 e. The number of hydrogen-bond acceptors (Lipinski definition) is 4. The molecule has 1 heterocycles. The molecular weight excluding hydrogens is 180 g/mol. The minimum absolute atomic E-state index is 0.116. The Bertz CT molecular complexity index is 257. The van der Waals surface area contributed by atoms with Gasteiger partial charge in [0.2, 0.25) is 0 Å². The van der Waals surface area contributed by atoms with Gasteiger partial charge in [-0.1, -0.05) is 6.92 Å². The lowest BCUT2D eigenvalue weighted by atomic mass is 10.2. The second-order valence-electron chi connectivity index (χ2n) is 3.18. The average molecular weight is 196 g/mol. The molecule has 1 rings (SSSR count). The summed E-state index contributed by atoms with van der Waals surface area (Å²) in [6, 6.07) is 3.47. The number of aromatic nitrogens is 1. The van der Waals surface area contributed by atoms with E-state index in [1.54, 1.807) is 12.1 Å². The van der Waals surface area contributed by atoms with E-state index in [9.17, 15) is 0 Å². The van der Waals surface area contributed by atoms with Gasteiger partial charge in [0.25, 0.3) is 0 Å². The quantitative estimate of drug-likeness (QED) is 0.647. The molecule has 1 aromatic rings. The summed E-state index contributed by atoms with van der Waals surface area (Å²) in [4.78, 5) is 4.02. The summed E-state index contributed by atoms with van der Waals surface area (Å²) in [5.74, 6) is 0.169. The van der Waals surface area contributed by atoms with E-state index in [1.165, 1.54) is 6.20 Å². The fourth-order valence-electron chi connectivity index (χ4n) is 1.11. The van der Waals surface area contributed by atoms with Crippen LogP contribution >= 0.6 is 0 Å². The maximum atomic E-state index is 9.00. The Kier molecular flexibility index (Phi) is 4.35. The van der Waals surface area contributed by atoms with Crippen molar-refractivity contribution in [2.24, 2.45) is 0 Å². The summed E-state index contributed by atoms with van der Waals surface area (Å²) in [5.41, 5.74) is 0.856. The van der Waals surface area contributed by atoms with Crippen molar-refractivity contribution < 1.29 is 10.2 Å². The van der Waals surface area contributed by atoms with Crippen LogP contribution in [0.5, 0.6) is 5.75 Å². The first-order valence-corrected chi connectivity index (χ1v) is 4.74. The molecule has 0 aliphatic rings. The van der Waals surface area contributed by atoms with Crippen LogP contribution in [0.2, 0.25) is 0 Å². The highest BCUT2D eigenvalue weighted by Crippen LogP contribution is 2.05. The summed E-state index contributed by atoms with van der Waals surface area (Å²) in [7, 11) is 0. The predicted molar refractivity (Wildman–Crippen MR) is 53.9 cm³/mol. The number of pyridine rings is 1. The van der Waals surface area contributed by atoms with E-state index in [0.717, 1.165) is 12.1 Å². The molecule has 3 N–H and O–H groups in total. The largest absolute Gasteiger partial charge is 0.506 e. The van der Waals surface area contributed by atoms with Crippen LogP contribution in [-0.2, 0) is 6.54 Å². The summed E-state index contributed by atoms with van der Waals surface area (Å²) in [6.45, 7) is 2.76. The molecule has 0 aliphatic heterocycles. The zero-order valence-corrected chi connectivity index (χ0v) is 8.27. The monoisotopic (exact) mass is 196 g/mol. The molecule has 0 bridgehead atoms. The van der Waals surface area contributed by atoms with Gasteiger partial charge in [-0.15, -0.1) is 0 Å². The lowest BCUT2D eigenvalue weighted by molar-refractivity contribution is 0.238. The zero-order valence-electron chi connectivity index (χ0n) is 8.27. The van der Waals surface area contributed by atoms with Gasteiger partial charge in [0.1, 0.15) is 5.75 Å². The molecule has 1 aromatic heterocycles. The topological polar surface area (TPSA) is 65.4 Å². The Labute approximate surface area is 83.6 Å². The van der Waals surface area contributed by atoms with Gasteiger partial charge in [0.15, 0.2) is 0 Å². The van der Waals surface area contributed by atoms with Crippen molar-refractivity contribution in [2.75, 3.05) is 6.61 Å². The smallest absolute Gasteiger partial charge is 0.133 e. The fraction of sp³-hybridized carbons (Fsp3) is 0.500. The Balaban J connectivity index is 2.41. The number of nitrogens with zero attached hydrogens (tertiary/aromatic N) is 1. The number of rotatable bonds is 5. The van der Waals surface area contributed by atoms with Crippen LogP contribution in [0, 0.1) is 0 Å². The summed E-state index contributed by atoms with van der Waals surface area (Å²) < 4.78 is 0. The molecule has 0 aliphatic carbocycles. The van der Waals surface area contributed by atoms with Crippen LogP contribution in [0.25, 0.3) is 0 Å². The highest BCUT2D eigenvalue weighted by Gasteiger charge is 2.03. The van der Waals surface area contributed by atoms with Crippen molar-refractivity contribution in [3.63, 3.8) is 0 Å². The SMILES string of the molecule is CCC(CO)NCc1ccc(O)cn1. The third kappa shape index (κ3) is 3.32. The van der Waals surface area contributed by atoms with E-state index in [0.29, 0.717) is 6.54 Å². The average Bonchev–Trinajstić information content (AvgIpc) is 2.22. The van der Waals surface area contributed by atoms with Crippen molar-refractivity contribution in [3.05, 3.63) is 24.0 Å². The summed E-state index contributed by atoms with van der Waals surface area (Å²) in [5, 5.41) is 21.1. The number of hydrogen-bond donors (Lipinski definition) is 3. The Hall–Kier alpha value is -1.13. The molecule has 0 saturated heterocycles. The predicted octanol–water partition coefficient (Wildman–Crippen LogP) is 0.648. The van der Waals surface area contributed by atoms with Crippen LogP contribution in [-0.4, -0.2) is 27.8 Å². The number of nitrogens with one attached hydrogen (secondary N) is 1. The van der Waals surface area contributed by atoms with Crippen LogP contribution in [0.15, 0.2) is 18.3 Å². The van der Waals surface area contributed by atoms with E-state index in [2.05, 4.69) is 10.3 Å². The van der Waals surface area contributed by atoms with Crippen LogP contribution in [0.4, 0.5) is 0 Å². The molecule has 0 saturated carbocycles. The highest BCUT2D eigenvalue weighted by atomic mass is 16.3. The van der Waals surface area contributed by atoms with Crippen molar-refractivity contribution >= 4 is 0 Å². The third-order valence-corrected chi connectivity index (χ3v) is 2.09. The number of aromatic hydroxyl groups is 1. The van der Waals surface area contributed by atoms with Gasteiger partial charge in [-0.2, -0.15) is 0 Å². The normalized spacial score (nSPS) is 12.7. The van der Waals surface area contributed by atoms with Crippen molar-refractivity contribution in [2.45, 2.75) is 25.9 Å². The molecule has 1 atom stereocenters. The van der Waals surface area contributed by atoms with E-state index in [-0.39, 0.29) is 18.4 Å². The van der Waals surface area contributed by atoms with E-state index in [1.807, 2.05) is 6.92 Å². The van der Waals surface area contributed by atoms with E-state index < -0.39 is 0 Å². The number of aliphatic hydroxyl groups is 1. The molecule has 4 heteroatoms. The van der Waals surface area contributed by atoms with Crippen molar-refractivity contribution in [1.82, 2.24) is 10.3 Å². The van der Waals surface area contributed by atoms with Crippen molar-refractivity contribution in [1.29, 1.82) is 0 Å². The van der Waals surface area contributed by atoms with E-state index in [4.69, 9.17) is 10.2 Å². The minimum Gasteiger partial charge on any atom is -0.506 e. The molecule has 0 aromatic carbocycles. The second-order valence-corrected chi connectivity index (χ2v) is 3.18. The zero-order chi connectivity index (χ0) is 10.4. The second kappa shape index (κ2) is 5.57. The summed E-state index contributed by atoms with van der Waals surface area (Å²) in [6.07, 6.45) is 2.30. The maximum absolute atomic E-state index is 9.00. The summed E-state index contributed by atoms with van der Waals surface area (Å²) >= 11 is 0. The van der Waals surface area contributed by atoms with Gasteiger partial charge >= 0.3 is 0 Å². The van der Waals surface area contributed by atoms with Gasteiger partial charge in [0.05, 0.1) is 18.5 Å². The lowest BCUT2D eigenvalue weighted by Gasteiger charge is -2.13. The molecule has 78 valence electrons. The molecule has 0 radical (unpaired) electrons. The Morgan fingerprint density at radius 1 is 1.50 bits per heavy atom. The van der Waals surface area contributed by atoms with Gasteiger partial charge < -0.3 is 15.5 Å². The highest BCUT2D eigenvalue weighted by molar-refractivity contribution is 5.17. The van der Waals surface area contributed by atoms with Gasteiger partial charge in [-0.05, 0) is 18.6 Å². The van der Waals surface area contributed by atoms with Crippen molar-refractivity contribution in [3.8, 4) is 5.75 Å². The van der Waals surface area contributed by atoms with Gasteiger partial charge in [-0.25, -0.2) is 0 Å². The first kappa shape index (κ1) is 10.9. The molecule has 4 nitrogen and oxygen atoms in total. The Morgan fingerprint density at radius 3 is 2.79 bits per heavy atom. The van der Waals surface area contributed by atoms with Crippen LogP contribution in [0.1, 0.15) is 19.0 Å². The first-order valence-electron chi connectivity index (χ1n) is 4.74.